The Labute approximate surface area is 156 Å². The van der Waals surface area contributed by atoms with Gasteiger partial charge in [0, 0.05) is 33.2 Å². The second-order valence-corrected chi connectivity index (χ2v) is 6.37. The maximum absolute atomic E-state index is 12.9. The molecule has 1 fully saturated rings. The Hall–Kier alpha value is -2.30. The SMILES string of the molecule is COCCNC(=O)C1CC(=O)N(Cc2cc(C(F)(F)F)cc(C(F)(F)F)c2)C1. The number of methoxy groups -OCH3 is 1. The van der Waals surface area contributed by atoms with Crippen molar-refractivity contribution >= 4 is 11.8 Å². The number of benzene rings is 1. The minimum atomic E-state index is -4.96. The molecule has 1 atom stereocenters. The Kier molecular flexibility index (Phi) is 6.58. The summed E-state index contributed by atoms with van der Waals surface area (Å²) in [6, 6.07) is 1.18. The summed E-state index contributed by atoms with van der Waals surface area (Å²) in [7, 11) is 1.44. The van der Waals surface area contributed by atoms with Crippen LogP contribution in [0.4, 0.5) is 26.3 Å². The van der Waals surface area contributed by atoms with Crippen LogP contribution in [0.15, 0.2) is 18.2 Å². The molecule has 1 unspecified atom stereocenters. The molecule has 0 saturated carbocycles. The quantitative estimate of drug-likeness (QED) is 0.578. The molecule has 5 nitrogen and oxygen atoms in total. The van der Waals surface area contributed by atoms with Gasteiger partial charge in [-0.3, -0.25) is 9.59 Å². The minimum absolute atomic E-state index is 0.0291. The van der Waals surface area contributed by atoms with Gasteiger partial charge in [-0.15, -0.1) is 0 Å². The minimum Gasteiger partial charge on any atom is -0.383 e. The second kappa shape index (κ2) is 8.38. The van der Waals surface area contributed by atoms with Crippen LogP contribution in [0.5, 0.6) is 0 Å². The van der Waals surface area contributed by atoms with Gasteiger partial charge in [0.25, 0.3) is 0 Å². The Bertz CT molecular complexity index is 700. The van der Waals surface area contributed by atoms with E-state index in [1.54, 1.807) is 0 Å². The smallest absolute Gasteiger partial charge is 0.383 e. The van der Waals surface area contributed by atoms with Crippen LogP contribution in [0.1, 0.15) is 23.1 Å². The van der Waals surface area contributed by atoms with E-state index < -0.39 is 47.8 Å². The van der Waals surface area contributed by atoms with Gasteiger partial charge in [-0.1, -0.05) is 0 Å². The first-order valence-electron chi connectivity index (χ1n) is 8.24. The molecule has 1 N–H and O–H groups in total. The van der Waals surface area contributed by atoms with Crippen LogP contribution in [-0.2, 0) is 33.2 Å². The summed E-state index contributed by atoms with van der Waals surface area (Å²) < 4.78 is 82.4. The third-order valence-corrected chi connectivity index (χ3v) is 4.21. The first-order chi connectivity index (χ1) is 12.9. The van der Waals surface area contributed by atoms with Crippen LogP contribution in [0.25, 0.3) is 0 Å². The largest absolute Gasteiger partial charge is 0.416 e. The van der Waals surface area contributed by atoms with E-state index in [0.29, 0.717) is 12.1 Å². The van der Waals surface area contributed by atoms with Gasteiger partial charge >= 0.3 is 12.4 Å². The topological polar surface area (TPSA) is 58.6 Å². The molecule has 0 aromatic heterocycles. The van der Waals surface area contributed by atoms with E-state index in [1.165, 1.54) is 7.11 Å². The maximum atomic E-state index is 12.9. The van der Waals surface area contributed by atoms with E-state index in [0.717, 1.165) is 4.90 Å². The lowest BCUT2D eigenvalue weighted by Gasteiger charge is -2.19. The normalized spacial score (nSPS) is 17.9. The number of halogens is 6. The molecule has 11 heteroatoms. The average molecular weight is 412 g/mol. The molecular formula is C17H18F6N2O3. The van der Waals surface area contributed by atoms with E-state index in [1.807, 2.05) is 0 Å². The molecule has 0 aliphatic carbocycles. The number of ether oxygens (including phenoxy) is 1. The number of carbonyl (C=O) groups is 2. The van der Waals surface area contributed by atoms with Gasteiger partial charge in [0.15, 0.2) is 0 Å². The fraction of sp³-hybridized carbons (Fsp3) is 0.529. The number of nitrogens with zero attached hydrogens (tertiary/aromatic N) is 1. The lowest BCUT2D eigenvalue weighted by molar-refractivity contribution is -0.143. The van der Waals surface area contributed by atoms with Crippen molar-refractivity contribution < 1.29 is 40.7 Å². The lowest BCUT2D eigenvalue weighted by Crippen LogP contribution is -2.34. The van der Waals surface area contributed by atoms with Crippen LogP contribution in [-0.4, -0.2) is 43.5 Å². The highest BCUT2D eigenvalue weighted by Gasteiger charge is 2.38. The molecule has 1 aliphatic heterocycles. The number of amides is 2. The van der Waals surface area contributed by atoms with Crippen molar-refractivity contribution in [1.29, 1.82) is 0 Å². The maximum Gasteiger partial charge on any atom is 0.416 e. The standard InChI is InChI=1S/C17H18F6N2O3/c1-28-3-2-24-15(27)11-6-14(26)25(9-11)8-10-4-12(16(18,19)20)7-13(5-10)17(21,22)23/h4-5,7,11H,2-3,6,8-9H2,1H3,(H,24,27). The molecule has 156 valence electrons. The predicted molar refractivity (Wildman–Crippen MR) is 84.9 cm³/mol. The van der Waals surface area contributed by atoms with Crippen LogP contribution in [0.3, 0.4) is 0 Å². The van der Waals surface area contributed by atoms with Gasteiger partial charge in [0.1, 0.15) is 0 Å². The number of rotatable bonds is 6. The zero-order chi connectivity index (χ0) is 21.1. The summed E-state index contributed by atoms with van der Waals surface area (Å²) in [5.41, 5.74) is -3.20. The van der Waals surface area contributed by atoms with Gasteiger partial charge < -0.3 is 15.0 Å². The van der Waals surface area contributed by atoms with Crippen molar-refractivity contribution in [2.24, 2.45) is 5.92 Å². The summed E-state index contributed by atoms with van der Waals surface area (Å²) in [5.74, 6) is -1.66. The number of carbonyl (C=O) groups excluding carboxylic acids is 2. The second-order valence-electron chi connectivity index (χ2n) is 6.37. The zero-order valence-electron chi connectivity index (χ0n) is 14.8. The summed E-state index contributed by atoms with van der Waals surface area (Å²) in [4.78, 5) is 25.1. The van der Waals surface area contributed by atoms with Crippen molar-refractivity contribution in [2.75, 3.05) is 26.8 Å². The zero-order valence-corrected chi connectivity index (χ0v) is 14.8. The number of likely N-dealkylation sites (tertiary alicyclic amines) is 1. The molecule has 0 radical (unpaired) electrons. The van der Waals surface area contributed by atoms with E-state index in [2.05, 4.69) is 5.32 Å². The molecule has 1 heterocycles. The number of hydrogen-bond acceptors (Lipinski definition) is 3. The van der Waals surface area contributed by atoms with Gasteiger partial charge in [-0.2, -0.15) is 26.3 Å². The molecule has 1 aliphatic rings. The Morgan fingerprint density at radius 1 is 1.14 bits per heavy atom. The molecule has 1 aromatic rings. The van der Waals surface area contributed by atoms with E-state index in [4.69, 9.17) is 4.74 Å². The molecule has 1 aromatic carbocycles. The van der Waals surface area contributed by atoms with Crippen LogP contribution < -0.4 is 5.32 Å². The third kappa shape index (κ3) is 5.60. The Balaban J connectivity index is 2.16. The number of nitrogens with one attached hydrogen (secondary N) is 1. The van der Waals surface area contributed by atoms with Crippen LogP contribution in [0, 0.1) is 5.92 Å². The Morgan fingerprint density at radius 3 is 2.21 bits per heavy atom. The van der Waals surface area contributed by atoms with E-state index in [-0.39, 0.29) is 37.7 Å². The van der Waals surface area contributed by atoms with E-state index >= 15 is 0 Å². The fourth-order valence-corrected chi connectivity index (χ4v) is 2.85. The molecule has 0 spiro atoms. The van der Waals surface area contributed by atoms with Gasteiger partial charge in [0.05, 0.1) is 23.7 Å². The third-order valence-electron chi connectivity index (χ3n) is 4.21. The average Bonchev–Trinajstić information content (AvgIpc) is 2.94. The Morgan fingerprint density at radius 2 is 1.71 bits per heavy atom. The van der Waals surface area contributed by atoms with Crippen molar-refractivity contribution in [3.8, 4) is 0 Å². The van der Waals surface area contributed by atoms with Gasteiger partial charge in [-0.25, -0.2) is 0 Å². The number of alkyl halides is 6. The highest BCUT2D eigenvalue weighted by molar-refractivity contribution is 5.89. The summed E-state index contributed by atoms with van der Waals surface area (Å²) in [5, 5.41) is 2.55. The predicted octanol–water partition coefficient (Wildman–Crippen LogP) is 2.84. The highest BCUT2D eigenvalue weighted by atomic mass is 19.4. The molecule has 28 heavy (non-hydrogen) atoms. The van der Waals surface area contributed by atoms with E-state index in [9.17, 15) is 35.9 Å². The van der Waals surface area contributed by atoms with Crippen molar-refractivity contribution in [1.82, 2.24) is 10.2 Å². The number of hydrogen-bond donors (Lipinski definition) is 1. The monoisotopic (exact) mass is 412 g/mol. The van der Waals surface area contributed by atoms with Gasteiger partial charge in [-0.05, 0) is 23.8 Å². The highest BCUT2D eigenvalue weighted by Crippen LogP contribution is 2.36. The molecule has 2 amide bonds. The molecular weight excluding hydrogens is 394 g/mol. The molecule has 2 rings (SSSR count). The van der Waals surface area contributed by atoms with Gasteiger partial charge in [0.2, 0.25) is 11.8 Å². The first-order valence-corrected chi connectivity index (χ1v) is 8.24. The molecule has 1 saturated heterocycles. The van der Waals surface area contributed by atoms with Crippen LogP contribution >= 0.6 is 0 Å². The summed E-state index contributed by atoms with van der Waals surface area (Å²) in [6.45, 7) is -0.0495. The first kappa shape index (κ1) is 22.0. The summed E-state index contributed by atoms with van der Waals surface area (Å²) in [6.07, 6.45) is -10.1. The summed E-state index contributed by atoms with van der Waals surface area (Å²) >= 11 is 0. The van der Waals surface area contributed by atoms with Crippen molar-refractivity contribution in [2.45, 2.75) is 25.3 Å². The fourth-order valence-electron chi connectivity index (χ4n) is 2.85. The van der Waals surface area contributed by atoms with Crippen molar-refractivity contribution in [3.05, 3.63) is 34.9 Å². The lowest BCUT2D eigenvalue weighted by atomic mass is 10.0. The van der Waals surface area contributed by atoms with Crippen LogP contribution in [0.2, 0.25) is 0 Å². The van der Waals surface area contributed by atoms with Crippen molar-refractivity contribution in [3.63, 3.8) is 0 Å². The molecule has 0 bridgehead atoms.